The summed E-state index contributed by atoms with van der Waals surface area (Å²) in [5.41, 5.74) is -31.4. The Hall–Kier alpha value is -1.79. The Kier molecular flexibility index (Phi) is 7.97. The first kappa shape index (κ1) is 36.2. The SMILES string of the molecule is OC(F)(F)C(C(F)(F)F)(C(F)(F)C(C(F)(F)F)(C(F)(F)F)C(F)(F)F)C(C(F)(F)F)(C(F)(F)F)C(F)(F)F. The van der Waals surface area contributed by atoms with Gasteiger partial charge in [0.2, 0.25) is 0 Å². The van der Waals surface area contributed by atoms with E-state index in [2.05, 4.69) is 0 Å². The van der Waals surface area contributed by atoms with E-state index in [1.807, 2.05) is 0 Å². The molecule has 0 aromatic carbocycles. The van der Waals surface area contributed by atoms with Crippen LogP contribution in [0.1, 0.15) is 0 Å². The summed E-state index contributed by atoms with van der Waals surface area (Å²) in [6.07, 6.45) is -76.9. The van der Waals surface area contributed by atoms with Gasteiger partial charge in [-0.2, -0.15) is 101 Å². The first-order valence-electron chi connectivity index (χ1n) is 7.70. The molecule has 1 nitrogen and oxygen atoms in total. The Morgan fingerprint density at radius 1 is 0.237 bits per heavy atom. The van der Waals surface area contributed by atoms with Crippen LogP contribution in [0.5, 0.6) is 0 Å². The van der Waals surface area contributed by atoms with Gasteiger partial charge in [-0.25, -0.2) is 8.78 Å². The third-order valence-electron chi connectivity index (χ3n) is 4.93. The lowest BCUT2D eigenvalue weighted by Crippen LogP contribution is -2.87. The van der Waals surface area contributed by atoms with Gasteiger partial charge in [-0.05, 0) is 0 Å². The maximum absolute atomic E-state index is 14.6. The van der Waals surface area contributed by atoms with E-state index in [4.69, 9.17) is 5.11 Å². The maximum Gasteiger partial charge on any atom is 0.418 e. The molecule has 0 spiro atoms. The predicted octanol–water partition coefficient (Wildman–Crippen LogP) is 8.10. The van der Waals surface area contributed by atoms with Crippen LogP contribution in [0.2, 0.25) is 0 Å². The van der Waals surface area contributed by atoms with Gasteiger partial charge >= 0.3 is 60.7 Å². The molecule has 0 amide bonds. The normalized spacial score (nSPS) is 18.5. The van der Waals surface area contributed by atoms with E-state index in [0.29, 0.717) is 0 Å². The van der Waals surface area contributed by atoms with Gasteiger partial charge in [0.15, 0.2) is 0 Å². The van der Waals surface area contributed by atoms with Crippen molar-refractivity contribution in [1.29, 1.82) is 0 Å². The van der Waals surface area contributed by atoms with Gasteiger partial charge in [0.25, 0.3) is 10.8 Å². The highest BCUT2D eigenvalue weighted by Gasteiger charge is 3.11. The molecule has 26 heteroatoms. The lowest BCUT2D eigenvalue weighted by atomic mass is 9.51. The van der Waals surface area contributed by atoms with Gasteiger partial charge in [-0.3, -0.25) is 0 Å². The molecular formula is C12HF25O. The molecule has 0 saturated carbocycles. The largest absolute Gasteiger partial charge is 0.418 e. The first-order chi connectivity index (χ1) is 15.8. The Balaban J connectivity index is 9.64. The molecule has 0 bridgehead atoms. The molecule has 0 fully saturated rings. The van der Waals surface area contributed by atoms with Crippen LogP contribution in [0.3, 0.4) is 0 Å². The van der Waals surface area contributed by atoms with E-state index in [1.165, 1.54) is 0 Å². The minimum atomic E-state index is -10.8. The topological polar surface area (TPSA) is 20.2 Å². The zero-order chi connectivity index (χ0) is 32.0. The molecule has 0 aliphatic carbocycles. The summed E-state index contributed by atoms with van der Waals surface area (Å²) < 4.78 is 332. The molecule has 230 valence electrons. The molecule has 1 atom stereocenters. The fourth-order valence-corrected chi connectivity index (χ4v) is 3.63. The third-order valence-corrected chi connectivity index (χ3v) is 4.93. The standard InChI is InChI=1S/C12HF25O/c13-4(14,3(9(27,28)29,10(30,31)32)11(33,34)35)1(5(15,16)17,12(36,37)38)2(6(18,19)20,7(21,22)23)8(24,25)26/h38H. The predicted molar refractivity (Wildman–Crippen MR) is 61.8 cm³/mol. The van der Waals surface area contributed by atoms with Gasteiger partial charge in [0.1, 0.15) is 0 Å². The van der Waals surface area contributed by atoms with Gasteiger partial charge in [0, 0.05) is 0 Å². The van der Waals surface area contributed by atoms with E-state index in [1.54, 1.807) is 0 Å². The smallest absolute Gasteiger partial charge is 0.335 e. The van der Waals surface area contributed by atoms with Crippen molar-refractivity contribution >= 4 is 0 Å². The second kappa shape index (κ2) is 8.36. The maximum atomic E-state index is 14.6. The van der Waals surface area contributed by atoms with E-state index >= 15 is 0 Å². The number of hydrogen-bond donors (Lipinski definition) is 1. The second-order valence-electron chi connectivity index (χ2n) is 6.85. The second-order valence-corrected chi connectivity index (χ2v) is 6.85. The van der Waals surface area contributed by atoms with E-state index in [9.17, 15) is 110 Å². The van der Waals surface area contributed by atoms with Crippen LogP contribution < -0.4 is 0 Å². The molecule has 0 heterocycles. The average molecular weight is 636 g/mol. The van der Waals surface area contributed by atoms with Gasteiger partial charge in [-0.15, -0.1) is 0 Å². The summed E-state index contributed by atoms with van der Waals surface area (Å²) in [6, 6.07) is 0. The van der Waals surface area contributed by atoms with Crippen LogP contribution in [0.15, 0.2) is 0 Å². The van der Waals surface area contributed by atoms with Crippen LogP contribution >= 0.6 is 0 Å². The molecule has 0 rings (SSSR count). The Bertz CT molecular complexity index is 757. The van der Waals surface area contributed by atoms with Crippen molar-refractivity contribution in [2.45, 2.75) is 55.3 Å². The van der Waals surface area contributed by atoms with Gasteiger partial charge < -0.3 is 5.11 Å². The minimum Gasteiger partial charge on any atom is -0.335 e. The molecular weight excluding hydrogens is 635 g/mol. The van der Waals surface area contributed by atoms with Crippen molar-refractivity contribution in [3.8, 4) is 0 Å². The molecule has 0 aromatic heterocycles. The number of hydrogen-bond acceptors (Lipinski definition) is 1. The van der Waals surface area contributed by atoms with E-state index < -0.39 is 71.5 Å². The summed E-state index contributed by atoms with van der Waals surface area (Å²) in [5.74, 6) is -10.8. The van der Waals surface area contributed by atoms with Crippen molar-refractivity contribution in [2.75, 3.05) is 0 Å². The number of rotatable bonds is 4. The Morgan fingerprint density at radius 3 is 0.500 bits per heavy atom. The number of halogens is 25. The highest BCUT2D eigenvalue weighted by atomic mass is 19.5. The van der Waals surface area contributed by atoms with Crippen LogP contribution in [-0.4, -0.2) is 60.4 Å². The molecule has 0 aromatic rings. The summed E-state index contributed by atoms with van der Waals surface area (Å²) >= 11 is 0. The summed E-state index contributed by atoms with van der Waals surface area (Å²) in [6.45, 7) is 0. The van der Waals surface area contributed by atoms with E-state index in [-0.39, 0.29) is 0 Å². The molecule has 0 aliphatic heterocycles. The van der Waals surface area contributed by atoms with Crippen molar-refractivity contribution in [3.05, 3.63) is 0 Å². The molecule has 1 unspecified atom stereocenters. The van der Waals surface area contributed by atoms with Gasteiger partial charge in [-0.1, -0.05) is 0 Å². The van der Waals surface area contributed by atoms with Gasteiger partial charge in [0.05, 0.1) is 0 Å². The number of alkyl halides is 25. The zero-order valence-corrected chi connectivity index (χ0v) is 15.9. The highest BCUT2D eigenvalue weighted by molar-refractivity contribution is 5.27. The Labute approximate surface area is 188 Å². The Morgan fingerprint density at radius 2 is 0.395 bits per heavy atom. The summed E-state index contributed by atoms with van der Waals surface area (Å²) in [5, 5.41) is 8.05. The van der Waals surface area contributed by atoms with Crippen molar-refractivity contribution in [3.63, 3.8) is 0 Å². The summed E-state index contributed by atoms with van der Waals surface area (Å²) in [4.78, 5) is 0. The highest BCUT2D eigenvalue weighted by Crippen LogP contribution is 2.83. The first-order valence-corrected chi connectivity index (χ1v) is 7.70. The zero-order valence-electron chi connectivity index (χ0n) is 15.9. The van der Waals surface area contributed by atoms with Crippen molar-refractivity contribution < 1.29 is 115 Å². The van der Waals surface area contributed by atoms with Crippen molar-refractivity contribution in [2.24, 2.45) is 16.2 Å². The fourth-order valence-electron chi connectivity index (χ4n) is 3.63. The van der Waals surface area contributed by atoms with Crippen molar-refractivity contribution in [1.82, 2.24) is 0 Å². The molecule has 0 radical (unpaired) electrons. The molecule has 38 heavy (non-hydrogen) atoms. The fraction of sp³-hybridized carbons (Fsp3) is 1.00. The lowest BCUT2D eigenvalue weighted by Gasteiger charge is -2.58. The quantitative estimate of drug-likeness (QED) is 0.310. The molecule has 0 saturated heterocycles. The van der Waals surface area contributed by atoms with Crippen LogP contribution in [0.25, 0.3) is 0 Å². The molecule has 1 N–H and O–H groups in total. The number of aliphatic hydroxyl groups is 1. The third kappa shape index (κ3) is 3.99. The van der Waals surface area contributed by atoms with E-state index in [0.717, 1.165) is 0 Å². The van der Waals surface area contributed by atoms with Crippen LogP contribution in [-0.2, 0) is 0 Å². The lowest BCUT2D eigenvalue weighted by molar-refractivity contribution is -0.593. The summed E-state index contributed by atoms with van der Waals surface area (Å²) in [7, 11) is 0. The minimum absolute atomic E-state index is 8.05. The average Bonchev–Trinajstić information content (AvgIpc) is 2.39. The molecule has 0 aliphatic rings. The van der Waals surface area contributed by atoms with Crippen LogP contribution in [0.4, 0.5) is 110 Å². The van der Waals surface area contributed by atoms with Crippen LogP contribution in [0, 0.1) is 16.2 Å². The monoisotopic (exact) mass is 636 g/mol.